The van der Waals surface area contributed by atoms with Crippen LogP contribution in [0.5, 0.6) is 0 Å². The molecule has 8 heteroatoms. The lowest BCUT2D eigenvalue weighted by atomic mass is 10.1. The number of piperidine rings is 1. The molecule has 28 heavy (non-hydrogen) atoms. The minimum absolute atomic E-state index is 0.280. The first-order valence-corrected chi connectivity index (χ1v) is 12.3. The van der Waals surface area contributed by atoms with E-state index < -0.39 is 0 Å². The molecule has 0 saturated carbocycles. The second kappa shape index (κ2) is 11.2. The van der Waals surface area contributed by atoms with Crippen molar-refractivity contribution in [1.29, 1.82) is 0 Å². The molecule has 3 heterocycles. The maximum atomic E-state index is 12.3. The third kappa shape index (κ3) is 6.19. The van der Waals surface area contributed by atoms with Crippen LogP contribution in [0.15, 0.2) is 9.72 Å². The maximum Gasteiger partial charge on any atom is 0.357 e. The summed E-state index contributed by atoms with van der Waals surface area (Å²) in [6.45, 7) is 6.62. The summed E-state index contributed by atoms with van der Waals surface area (Å²) in [4.78, 5) is 33.2. The van der Waals surface area contributed by atoms with Crippen molar-refractivity contribution in [2.24, 2.45) is 0 Å². The van der Waals surface area contributed by atoms with Gasteiger partial charge >= 0.3 is 5.97 Å². The summed E-state index contributed by atoms with van der Waals surface area (Å²) in [5.74, 6) is 0.745. The molecule has 2 aliphatic rings. The number of esters is 1. The number of thioether (sulfide) groups is 1. The van der Waals surface area contributed by atoms with Gasteiger partial charge < -0.3 is 14.5 Å². The molecule has 0 aromatic carbocycles. The molecule has 1 aromatic heterocycles. The molecule has 2 saturated heterocycles. The molecule has 0 unspecified atom stereocenters. The normalized spacial score (nSPS) is 20.7. The van der Waals surface area contributed by atoms with Gasteiger partial charge in [-0.15, -0.1) is 11.3 Å². The standard InChI is InChI=1S/C20H31N3O3S2/c1-2-3-12-26-19(25)17-15-28-20(21-17)27-13-11-23-16(7-8-18(23)24)14-22-9-5-4-6-10-22/h15-16H,2-14H2,1H3/t16-/m1/s1. The van der Waals surface area contributed by atoms with E-state index in [0.717, 1.165) is 42.4 Å². The maximum absolute atomic E-state index is 12.3. The monoisotopic (exact) mass is 425 g/mol. The molecule has 1 aromatic rings. The number of hydrogen-bond acceptors (Lipinski definition) is 7. The molecule has 0 aliphatic carbocycles. The number of likely N-dealkylation sites (tertiary alicyclic amines) is 2. The summed E-state index contributed by atoms with van der Waals surface area (Å²) in [5.41, 5.74) is 0.392. The number of carbonyl (C=O) groups excluding carboxylic acids is 2. The van der Waals surface area contributed by atoms with Crippen LogP contribution in [0.1, 0.15) is 62.4 Å². The van der Waals surface area contributed by atoms with Gasteiger partial charge in [0.05, 0.1) is 6.61 Å². The lowest BCUT2D eigenvalue weighted by Crippen LogP contribution is -2.44. The summed E-state index contributed by atoms with van der Waals surface area (Å²) in [6, 6.07) is 0.353. The third-order valence-corrected chi connectivity index (χ3v) is 7.35. The molecule has 6 nitrogen and oxygen atoms in total. The van der Waals surface area contributed by atoms with Gasteiger partial charge in [-0.2, -0.15) is 0 Å². The Balaban J connectivity index is 1.43. The van der Waals surface area contributed by atoms with Crippen molar-refractivity contribution in [3.05, 3.63) is 11.1 Å². The first-order valence-electron chi connectivity index (χ1n) is 10.4. The van der Waals surface area contributed by atoms with E-state index in [1.165, 1.54) is 43.7 Å². The Morgan fingerprint density at radius 2 is 2.18 bits per heavy atom. The lowest BCUT2D eigenvalue weighted by Gasteiger charge is -2.33. The average Bonchev–Trinajstić information content (AvgIpc) is 3.31. The number of nitrogens with zero attached hydrogens (tertiary/aromatic N) is 3. The molecule has 1 amide bonds. The molecule has 0 N–H and O–H groups in total. The van der Waals surface area contributed by atoms with Gasteiger partial charge in [0.25, 0.3) is 0 Å². The number of thiazole rings is 1. The molecular formula is C20H31N3O3S2. The quantitative estimate of drug-likeness (QED) is 0.324. The third-order valence-electron chi connectivity index (χ3n) is 5.35. The molecular weight excluding hydrogens is 394 g/mol. The van der Waals surface area contributed by atoms with E-state index >= 15 is 0 Å². The van der Waals surface area contributed by atoms with Gasteiger partial charge in [-0.3, -0.25) is 4.79 Å². The fourth-order valence-electron chi connectivity index (χ4n) is 3.76. The van der Waals surface area contributed by atoms with Crippen LogP contribution in [-0.2, 0) is 9.53 Å². The second-order valence-electron chi connectivity index (χ2n) is 7.48. The number of carbonyl (C=O) groups is 2. The van der Waals surface area contributed by atoms with E-state index in [9.17, 15) is 9.59 Å². The summed E-state index contributed by atoms with van der Waals surface area (Å²) in [5, 5.41) is 1.76. The summed E-state index contributed by atoms with van der Waals surface area (Å²) in [7, 11) is 0. The Labute approximate surface area is 176 Å². The van der Waals surface area contributed by atoms with E-state index in [1.54, 1.807) is 17.1 Å². The van der Waals surface area contributed by atoms with Gasteiger partial charge in [0.2, 0.25) is 5.91 Å². The van der Waals surface area contributed by atoms with Crippen LogP contribution in [0.25, 0.3) is 0 Å². The molecule has 3 rings (SSSR count). The SMILES string of the molecule is CCCCOC(=O)c1csc(SCCN2C(=O)CC[C@@H]2CN2CCCCC2)n1. The lowest BCUT2D eigenvalue weighted by molar-refractivity contribution is -0.128. The molecule has 1 atom stereocenters. The van der Waals surface area contributed by atoms with E-state index in [2.05, 4.69) is 21.7 Å². The van der Waals surface area contributed by atoms with Gasteiger partial charge in [0.15, 0.2) is 10.0 Å². The summed E-state index contributed by atoms with van der Waals surface area (Å²) >= 11 is 3.09. The topological polar surface area (TPSA) is 62.7 Å². The predicted octanol–water partition coefficient (Wildman–Crippen LogP) is 3.67. The van der Waals surface area contributed by atoms with Crippen molar-refractivity contribution < 1.29 is 14.3 Å². The average molecular weight is 426 g/mol. The minimum Gasteiger partial charge on any atom is -0.461 e. The van der Waals surface area contributed by atoms with Crippen molar-refractivity contribution in [2.45, 2.75) is 62.3 Å². The molecule has 0 spiro atoms. The van der Waals surface area contributed by atoms with Crippen molar-refractivity contribution in [3.8, 4) is 0 Å². The van der Waals surface area contributed by atoms with E-state index in [4.69, 9.17) is 4.74 Å². The van der Waals surface area contributed by atoms with Crippen LogP contribution in [0.2, 0.25) is 0 Å². The Kier molecular flexibility index (Phi) is 8.61. The van der Waals surface area contributed by atoms with Crippen LogP contribution in [-0.4, -0.2) is 71.2 Å². The molecule has 0 bridgehead atoms. The number of rotatable bonds is 10. The highest BCUT2D eigenvalue weighted by Crippen LogP contribution is 2.26. The highest BCUT2D eigenvalue weighted by molar-refractivity contribution is 8.01. The second-order valence-corrected chi connectivity index (χ2v) is 9.68. The van der Waals surface area contributed by atoms with Gasteiger partial charge in [0, 0.05) is 36.7 Å². The largest absolute Gasteiger partial charge is 0.461 e. The Bertz CT molecular complexity index is 646. The fraction of sp³-hybridized carbons (Fsp3) is 0.750. The fourth-order valence-corrected chi connectivity index (χ4v) is 5.57. The highest BCUT2D eigenvalue weighted by Gasteiger charge is 2.32. The van der Waals surface area contributed by atoms with Crippen LogP contribution in [0.4, 0.5) is 0 Å². The number of hydrogen-bond donors (Lipinski definition) is 0. The Morgan fingerprint density at radius 1 is 1.36 bits per heavy atom. The molecule has 156 valence electrons. The van der Waals surface area contributed by atoms with E-state index in [0.29, 0.717) is 24.8 Å². The minimum atomic E-state index is -0.340. The van der Waals surface area contributed by atoms with Crippen molar-refractivity contribution in [2.75, 3.05) is 38.5 Å². The van der Waals surface area contributed by atoms with Gasteiger partial charge in [-0.1, -0.05) is 31.5 Å². The van der Waals surface area contributed by atoms with Crippen LogP contribution < -0.4 is 0 Å². The zero-order valence-corrected chi connectivity index (χ0v) is 18.4. The first-order chi connectivity index (χ1) is 13.7. The van der Waals surface area contributed by atoms with Gasteiger partial charge in [-0.25, -0.2) is 9.78 Å². The zero-order valence-electron chi connectivity index (χ0n) is 16.7. The van der Waals surface area contributed by atoms with Crippen molar-refractivity contribution >= 4 is 35.0 Å². The van der Waals surface area contributed by atoms with Crippen molar-refractivity contribution in [1.82, 2.24) is 14.8 Å². The van der Waals surface area contributed by atoms with Crippen LogP contribution in [0.3, 0.4) is 0 Å². The van der Waals surface area contributed by atoms with Gasteiger partial charge in [0.1, 0.15) is 0 Å². The smallest absolute Gasteiger partial charge is 0.357 e. The van der Waals surface area contributed by atoms with Crippen LogP contribution in [0, 0.1) is 0 Å². The highest BCUT2D eigenvalue weighted by atomic mass is 32.2. The van der Waals surface area contributed by atoms with Crippen molar-refractivity contribution in [3.63, 3.8) is 0 Å². The zero-order chi connectivity index (χ0) is 19.8. The Morgan fingerprint density at radius 3 is 2.96 bits per heavy atom. The van der Waals surface area contributed by atoms with E-state index in [1.807, 2.05) is 0 Å². The number of aromatic nitrogens is 1. The molecule has 2 fully saturated rings. The Hall–Kier alpha value is -1.12. The summed E-state index contributed by atoms with van der Waals surface area (Å²) in [6.07, 6.45) is 7.43. The number of amides is 1. The molecule has 0 radical (unpaired) electrons. The number of ether oxygens (including phenoxy) is 1. The predicted molar refractivity (Wildman–Crippen MR) is 113 cm³/mol. The van der Waals surface area contributed by atoms with E-state index in [-0.39, 0.29) is 11.9 Å². The number of unbranched alkanes of at least 4 members (excludes halogenated alkanes) is 1. The molecule has 2 aliphatic heterocycles. The van der Waals surface area contributed by atoms with Gasteiger partial charge in [-0.05, 0) is 38.8 Å². The van der Waals surface area contributed by atoms with Crippen LogP contribution >= 0.6 is 23.1 Å². The summed E-state index contributed by atoms with van der Waals surface area (Å²) < 4.78 is 6.07. The first kappa shape index (κ1) is 21.6.